The minimum absolute atomic E-state index is 0.367. The van der Waals surface area contributed by atoms with E-state index in [0.29, 0.717) is 24.0 Å². The molecule has 1 saturated carbocycles. The normalized spacial score (nSPS) is 15.2. The fourth-order valence-electron chi connectivity index (χ4n) is 3.84. The van der Waals surface area contributed by atoms with Crippen LogP contribution in [0.2, 0.25) is 0 Å². The van der Waals surface area contributed by atoms with Crippen molar-refractivity contribution in [1.82, 2.24) is 4.98 Å². The number of methoxy groups -OCH3 is 2. The molecule has 7 heteroatoms. The number of hydrogen-bond acceptors (Lipinski definition) is 6. The largest absolute Gasteiger partial charge is 0.493 e. The van der Waals surface area contributed by atoms with Gasteiger partial charge in [0.15, 0.2) is 17.0 Å². The van der Waals surface area contributed by atoms with Gasteiger partial charge in [-0.1, -0.05) is 29.6 Å². The van der Waals surface area contributed by atoms with Crippen molar-refractivity contribution in [3.05, 3.63) is 12.1 Å². The summed E-state index contributed by atoms with van der Waals surface area (Å²) in [5.41, 5.74) is 7.52. The molecule has 1 aliphatic rings. The van der Waals surface area contributed by atoms with E-state index in [9.17, 15) is 0 Å². The molecule has 3 rings (SSSR count). The third kappa shape index (κ3) is 4.44. The molecule has 0 bridgehead atoms. The Kier molecular flexibility index (Phi) is 7.21. The van der Waals surface area contributed by atoms with E-state index < -0.39 is 0 Å². The van der Waals surface area contributed by atoms with Crippen molar-refractivity contribution in [2.45, 2.75) is 62.6 Å². The summed E-state index contributed by atoms with van der Waals surface area (Å²) in [4.78, 5) is 4.95. The van der Waals surface area contributed by atoms with Crippen LogP contribution in [0.5, 0.6) is 11.5 Å². The van der Waals surface area contributed by atoms with E-state index in [1.165, 1.54) is 25.7 Å². The number of rotatable bonds is 7. The Hall–Kier alpha value is -2.20. The second-order valence-corrected chi connectivity index (χ2v) is 8.19. The molecule has 0 radical (unpaired) electrons. The molecule has 0 spiro atoms. The van der Waals surface area contributed by atoms with Crippen molar-refractivity contribution in [1.29, 1.82) is 5.26 Å². The Bertz CT molecular complexity index is 858. The number of nitrogens with zero attached hydrogens (tertiary/aromatic N) is 3. The van der Waals surface area contributed by atoms with Crippen molar-refractivity contribution in [2.75, 3.05) is 25.7 Å². The summed E-state index contributed by atoms with van der Waals surface area (Å²) < 4.78 is 13.2. The van der Waals surface area contributed by atoms with E-state index in [4.69, 9.17) is 25.5 Å². The fraction of sp³-hybridized carbons (Fsp3) is 0.571. The monoisotopic (exact) mass is 401 g/mol. The molecule has 0 amide bonds. The maximum absolute atomic E-state index is 8.82. The van der Waals surface area contributed by atoms with Gasteiger partial charge in [0.05, 0.1) is 31.7 Å². The summed E-state index contributed by atoms with van der Waals surface area (Å²) >= 11 is 1.69. The van der Waals surface area contributed by atoms with Crippen molar-refractivity contribution in [3.8, 4) is 17.6 Å². The van der Waals surface area contributed by atoms with Crippen LogP contribution >= 0.6 is 11.8 Å². The number of nitrogen functional groups attached to an aromatic ring is 1. The first-order valence-corrected chi connectivity index (χ1v) is 10.9. The lowest BCUT2D eigenvalue weighted by molar-refractivity contribution is -0.748. The van der Waals surface area contributed by atoms with E-state index >= 15 is 0 Å². The molecule has 1 heterocycles. The second-order valence-electron chi connectivity index (χ2n) is 7.13. The van der Waals surface area contributed by atoms with Crippen LogP contribution in [0.1, 0.15) is 57.4 Å². The zero-order chi connectivity index (χ0) is 19.9. The van der Waals surface area contributed by atoms with Crippen LogP contribution in [0.15, 0.2) is 17.3 Å². The highest BCUT2D eigenvalue weighted by Gasteiger charge is 2.27. The molecule has 28 heavy (non-hydrogen) atoms. The van der Waals surface area contributed by atoms with Gasteiger partial charge in [0.2, 0.25) is 5.82 Å². The van der Waals surface area contributed by atoms with Crippen molar-refractivity contribution in [3.63, 3.8) is 0 Å². The minimum Gasteiger partial charge on any atom is -0.493 e. The Morgan fingerprint density at radius 1 is 1.18 bits per heavy atom. The molecular formula is C21H29N4O2S+. The van der Waals surface area contributed by atoms with Crippen LogP contribution in [0.25, 0.3) is 10.9 Å². The zero-order valence-corrected chi connectivity index (χ0v) is 17.6. The third-order valence-electron chi connectivity index (χ3n) is 5.31. The van der Waals surface area contributed by atoms with Crippen LogP contribution < -0.4 is 19.8 Å². The topological polar surface area (TPSA) is 85.0 Å². The van der Waals surface area contributed by atoms with Crippen molar-refractivity contribution < 1.29 is 14.0 Å². The molecule has 0 aliphatic heterocycles. The average Bonchev–Trinajstić information content (AvgIpc) is 2.99. The van der Waals surface area contributed by atoms with Crippen molar-refractivity contribution in [2.24, 2.45) is 0 Å². The lowest BCUT2D eigenvalue weighted by Gasteiger charge is -2.19. The van der Waals surface area contributed by atoms with Crippen LogP contribution in [-0.4, -0.2) is 25.0 Å². The smallest absolute Gasteiger partial charge is 0.299 e. The first kappa shape index (κ1) is 20.5. The Morgan fingerprint density at radius 2 is 1.86 bits per heavy atom. The van der Waals surface area contributed by atoms with Gasteiger partial charge in [0, 0.05) is 24.3 Å². The first-order valence-electron chi connectivity index (χ1n) is 9.96. The fourth-order valence-corrected chi connectivity index (χ4v) is 4.86. The van der Waals surface area contributed by atoms with Gasteiger partial charge in [-0.05, 0) is 32.1 Å². The Morgan fingerprint density at radius 3 is 2.50 bits per heavy atom. The minimum atomic E-state index is 0.367. The van der Waals surface area contributed by atoms with Crippen LogP contribution in [-0.2, 0) is 0 Å². The number of thioether (sulfide) groups is 1. The number of nitriles is 1. The summed E-state index contributed by atoms with van der Waals surface area (Å²) in [6.45, 7) is 0. The number of ether oxygens (including phenoxy) is 2. The summed E-state index contributed by atoms with van der Waals surface area (Å²) in [6.07, 6.45) is 8.67. The molecular weight excluding hydrogens is 372 g/mol. The summed E-state index contributed by atoms with van der Waals surface area (Å²) in [5, 5.41) is 10.6. The molecule has 6 nitrogen and oxygen atoms in total. The maximum Gasteiger partial charge on any atom is 0.299 e. The van der Waals surface area contributed by atoms with Gasteiger partial charge < -0.3 is 15.2 Å². The van der Waals surface area contributed by atoms with Gasteiger partial charge in [0.1, 0.15) is 0 Å². The van der Waals surface area contributed by atoms with Gasteiger partial charge >= 0.3 is 0 Å². The van der Waals surface area contributed by atoms with Crippen LogP contribution in [0, 0.1) is 11.3 Å². The van der Waals surface area contributed by atoms with E-state index in [1.54, 1.807) is 26.0 Å². The number of fused-ring (bicyclic) bond motifs is 1. The maximum atomic E-state index is 8.82. The summed E-state index contributed by atoms with van der Waals surface area (Å²) in [6, 6.07) is 6.39. The predicted octanol–water partition coefficient (Wildman–Crippen LogP) is 4.41. The Balaban J connectivity index is 2.09. The third-order valence-corrected chi connectivity index (χ3v) is 6.35. The molecule has 0 saturated heterocycles. The quantitative estimate of drug-likeness (QED) is 0.243. The molecule has 0 unspecified atom stereocenters. The molecule has 2 aromatic rings. The molecule has 1 aromatic heterocycles. The van der Waals surface area contributed by atoms with Gasteiger partial charge in [-0.15, -0.1) is 0 Å². The van der Waals surface area contributed by atoms with Crippen LogP contribution in [0.3, 0.4) is 0 Å². The molecule has 150 valence electrons. The summed E-state index contributed by atoms with van der Waals surface area (Å²) in [7, 11) is 3.26. The first-order chi connectivity index (χ1) is 13.7. The zero-order valence-electron chi connectivity index (χ0n) is 16.7. The SMILES string of the molecule is COc1cc2nc(SCCCC#N)[n+](C3CCCCCC3)c(N)c2cc1OC. The van der Waals surface area contributed by atoms with E-state index in [0.717, 1.165) is 46.9 Å². The highest BCUT2D eigenvalue weighted by molar-refractivity contribution is 7.99. The lowest BCUT2D eigenvalue weighted by atomic mass is 10.1. The predicted molar refractivity (Wildman–Crippen MR) is 112 cm³/mol. The number of benzene rings is 1. The lowest BCUT2D eigenvalue weighted by Crippen LogP contribution is -2.45. The molecule has 0 atom stereocenters. The highest BCUT2D eigenvalue weighted by Crippen LogP contribution is 2.35. The molecule has 1 aromatic carbocycles. The second kappa shape index (κ2) is 9.83. The highest BCUT2D eigenvalue weighted by atomic mass is 32.2. The van der Waals surface area contributed by atoms with E-state index in [-0.39, 0.29) is 0 Å². The van der Waals surface area contributed by atoms with Gasteiger partial charge in [-0.2, -0.15) is 5.26 Å². The number of nitrogens with two attached hydrogens (primary N) is 1. The molecule has 1 fully saturated rings. The Labute approximate surface area is 171 Å². The number of unbranched alkanes of at least 4 members (excludes halogenated alkanes) is 1. The standard InChI is InChI=1S/C21H28N4O2S/c1-26-18-13-16-17(14-19(18)27-2)24-21(28-12-8-7-11-22)25(20(16)23)15-9-5-3-4-6-10-15/h13-15,23H,3-10,12H2,1-2H3/p+1. The van der Waals surface area contributed by atoms with E-state index in [2.05, 4.69) is 10.6 Å². The molecule has 1 aliphatic carbocycles. The average molecular weight is 402 g/mol. The van der Waals surface area contributed by atoms with E-state index in [1.807, 2.05) is 12.1 Å². The van der Waals surface area contributed by atoms with Gasteiger partial charge in [-0.25, -0.2) is 4.57 Å². The number of aromatic nitrogens is 2. The van der Waals surface area contributed by atoms with Gasteiger partial charge in [-0.3, -0.25) is 0 Å². The summed E-state index contributed by atoms with van der Waals surface area (Å²) in [5.74, 6) is 2.89. The van der Waals surface area contributed by atoms with Crippen molar-refractivity contribution >= 4 is 28.5 Å². The number of hydrogen-bond donors (Lipinski definition) is 1. The van der Waals surface area contributed by atoms with Gasteiger partial charge in [0.25, 0.3) is 5.16 Å². The molecule has 2 N–H and O–H groups in total. The number of anilines is 1. The van der Waals surface area contributed by atoms with Crippen LogP contribution in [0.4, 0.5) is 5.82 Å².